The minimum absolute atomic E-state index is 0.0904. The molecule has 1 heterocycles. The van der Waals surface area contributed by atoms with Crippen LogP contribution in [0.4, 0.5) is 5.82 Å². The maximum atomic E-state index is 11.6. The third-order valence-corrected chi connectivity index (χ3v) is 3.34. The van der Waals surface area contributed by atoms with E-state index in [1.807, 2.05) is 42.5 Å². The summed E-state index contributed by atoms with van der Waals surface area (Å²) in [5.74, 6) is 0.622. The topological polar surface area (TPSA) is 66.9 Å². The van der Waals surface area contributed by atoms with Gasteiger partial charge in [-0.2, -0.15) is 0 Å². The molecule has 0 radical (unpaired) electrons. The van der Waals surface area contributed by atoms with Crippen LogP contribution in [0.5, 0.6) is 0 Å². The van der Waals surface area contributed by atoms with Gasteiger partial charge in [0, 0.05) is 19.2 Å². The fraction of sp³-hybridized carbons (Fsp3) is 0.118. The second kappa shape index (κ2) is 6.22. The Morgan fingerprint density at radius 2 is 1.91 bits per heavy atom. The summed E-state index contributed by atoms with van der Waals surface area (Å²) in [6.07, 6.45) is 1.71. The molecule has 0 saturated heterocycles. The van der Waals surface area contributed by atoms with Crippen molar-refractivity contribution >= 4 is 22.8 Å². The summed E-state index contributed by atoms with van der Waals surface area (Å²) in [6.45, 7) is 0.581. The first-order valence-corrected chi connectivity index (χ1v) is 7.03. The van der Waals surface area contributed by atoms with Crippen molar-refractivity contribution < 1.29 is 4.79 Å². The number of rotatable bonds is 4. The standard InChI is InChI=1S/C17H16N4O/c1-18-17(22)13-6-4-5-12(9-13)10-20-16-11-19-14-7-2-3-8-15(14)21-16/h2-9,11H,10H2,1H3,(H,18,22)(H,20,21). The SMILES string of the molecule is CNC(=O)c1cccc(CNc2cnc3ccccc3n2)c1. The number of hydrogen-bond donors (Lipinski definition) is 2. The zero-order chi connectivity index (χ0) is 15.4. The van der Waals surface area contributed by atoms with Gasteiger partial charge < -0.3 is 10.6 Å². The van der Waals surface area contributed by atoms with E-state index in [9.17, 15) is 4.79 Å². The van der Waals surface area contributed by atoms with Crippen LogP contribution in [-0.4, -0.2) is 22.9 Å². The summed E-state index contributed by atoms with van der Waals surface area (Å²) in [5, 5.41) is 5.85. The highest BCUT2D eigenvalue weighted by molar-refractivity contribution is 5.94. The Labute approximate surface area is 128 Å². The molecular weight excluding hydrogens is 276 g/mol. The summed E-state index contributed by atoms with van der Waals surface area (Å²) in [4.78, 5) is 20.5. The number of para-hydroxylation sites is 2. The van der Waals surface area contributed by atoms with Gasteiger partial charge in [-0.3, -0.25) is 9.78 Å². The first kappa shape index (κ1) is 14.0. The lowest BCUT2D eigenvalue weighted by Crippen LogP contribution is -2.18. The number of amides is 1. The van der Waals surface area contributed by atoms with E-state index in [1.54, 1.807) is 19.3 Å². The molecule has 0 bridgehead atoms. The quantitative estimate of drug-likeness (QED) is 0.775. The van der Waals surface area contributed by atoms with E-state index in [0.29, 0.717) is 17.9 Å². The molecule has 2 aromatic carbocycles. The maximum Gasteiger partial charge on any atom is 0.251 e. The van der Waals surface area contributed by atoms with Crippen LogP contribution in [-0.2, 0) is 6.54 Å². The second-order valence-electron chi connectivity index (χ2n) is 4.88. The van der Waals surface area contributed by atoms with E-state index in [4.69, 9.17) is 0 Å². The minimum Gasteiger partial charge on any atom is -0.365 e. The normalized spacial score (nSPS) is 10.4. The molecule has 0 aliphatic carbocycles. The van der Waals surface area contributed by atoms with Crippen molar-refractivity contribution in [2.75, 3.05) is 12.4 Å². The van der Waals surface area contributed by atoms with Crippen molar-refractivity contribution in [1.82, 2.24) is 15.3 Å². The monoisotopic (exact) mass is 292 g/mol. The van der Waals surface area contributed by atoms with Crippen LogP contribution in [0.2, 0.25) is 0 Å². The lowest BCUT2D eigenvalue weighted by molar-refractivity contribution is 0.0963. The van der Waals surface area contributed by atoms with Crippen molar-refractivity contribution in [1.29, 1.82) is 0 Å². The van der Waals surface area contributed by atoms with E-state index in [0.717, 1.165) is 16.6 Å². The van der Waals surface area contributed by atoms with E-state index in [-0.39, 0.29) is 5.91 Å². The van der Waals surface area contributed by atoms with Gasteiger partial charge in [0.15, 0.2) is 0 Å². The highest BCUT2D eigenvalue weighted by Crippen LogP contribution is 2.13. The number of nitrogens with zero attached hydrogens (tertiary/aromatic N) is 2. The summed E-state index contributed by atoms with van der Waals surface area (Å²) in [5.41, 5.74) is 3.38. The number of carbonyl (C=O) groups is 1. The first-order chi connectivity index (χ1) is 10.8. The van der Waals surface area contributed by atoms with E-state index in [1.165, 1.54) is 0 Å². The summed E-state index contributed by atoms with van der Waals surface area (Å²) < 4.78 is 0. The predicted octanol–water partition coefficient (Wildman–Crippen LogP) is 2.60. The summed E-state index contributed by atoms with van der Waals surface area (Å²) in [6, 6.07) is 15.2. The molecule has 3 rings (SSSR count). The second-order valence-corrected chi connectivity index (χ2v) is 4.88. The Balaban J connectivity index is 1.75. The number of aromatic nitrogens is 2. The Morgan fingerprint density at radius 1 is 1.09 bits per heavy atom. The molecular formula is C17H16N4O. The van der Waals surface area contributed by atoms with Crippen LogP contribution in [0.25, 0.3) is 11.0 Å². The highest BCUT2D eigenvalue weighted by atomic mass is 16.1. The van der Waals surface area contributed by atoms with E-state index >= 15 is 0 Å². The Kier molecular flexibility index (Phi) is 3.96. The van der Waals surface area contributed by atoms with Crippen molar-refractivity contribution in [2.24, 2.45) is 0 Å². The number of hydrogen-bond acceptors (Lipinski definition) is 4. The van der Waals surface area contributed by atoms with Crippen LogP contribution < -0.4 is 10.6 Å². The lowest BCUT2D eigenvalue weighted by atomic mass is 10.1. The molecule has 5 nitrogen and oxygen atoms in total. The fourth-order valence-electron chi connectivity index (χ4n) is 2.20. The molecule has 0 atom stereocenters. The van der Waals surface area contributed by atoms with Crippen LogP contribution >= 0.6 is 0 Å². The third-order valence-electron chi connectivity index (χ3n) is 3.34. The zero-order valence-electron chi connectivity index (χ0n) is 12.2. The molecule has 0 saturated carbocycles. The predicted molar refractivity (Wildman–Crippen MR) is 86.7 cm³/mol. The minimum atomic E-state index is -0.0904. The average molecular weight is 292 g/mol. The van der Waals surface area contributed by atoms with Gasteiger partial charge in [-0.25, -0.2) is 4.98 Å². The van der Waals surface area contributed by atoms with Gasteiger partial charge in [0.1, 0.15) is 5.82 Å². The molecule has 0 aliphatic heterocycles. The molecule has 0 aliphatic rings. The molecule has 5 heteroatoms. The molecule has 1 amide bonds. The van der Waals surface area contributed by atoms with Gasteiger partial charge in [0.25, 0.3) is 5.91 Å². The van der Waals surface area contributed by atoms with Gasteiger partial charge in [0.05, 0.1) is 17.2 Å². The molecule has 22 heavy (non-hydrogen) atoms. The van der Waals surface area contributed by atoms with Crippen molar-refractivity contribution in [3.63, 3.8) is 0 Å². The number of nitrogens with one attached hydrogen (secondary N) is 2. The van der Waals surface area contributed by atoms with Crippen molar-refractivity contribution in [3.8, 4) is 0 Å². The molecule has 0 fully saturated rings. The van der Waals surface area contributed by atoms with Gasteiger partial charge in [-0.05, 0) is 29.8 Å². The van der Waals surface area contributed by atoms with Gasteiger partial charge in [0.2, 0.25) is 0 Å². The van der Waals surface area contributed by atoms with Crippen LogP contribution in [0.1, 0.15) is 15.9 Å². The highest BCUT2D eigenvalue weighted by Gasteiger charge is 2.04. The number of anilines is 1. The molecule has 1 aromatic heterocycles. The van der Waals surface area contributed by atoms with Crippen molar-refractivity contribution in [2.45, 2.75) is 6.54 Å². The summed E-state index contributed by atoms with van der Waals surface area (Å²) in [7, 11) is 1.62. The van der Waals surface area contributed by atoms with Crippen LogP contribution in [0, 0.1) is 0 Å². The Hall–Kier alpha value is -2.95. The number of carbonyl (C=O) groups excluding carboxylic acids is 1. The van der Waals surface area contributed by atoms with E-state index < -0.39 is 0 Å². The average Bonchev–Trinajstić information content (AvgIpc) is 2.59. The van der Waals surface area contributed by atoms with Gasteiger partial charge >= 0.3 is 0 Å². The number of benzene rings is 2. The summed E-state index contributed by atoms with van der Waals surface area (Å²) >= 11 is 0. The molecule has 0 spiro atoms. The van der Waals surface area contributed by atoms with Crippen molar-refractivity contribution in [3.05, 3.63) is 65.9 Å². The Bertz CT molecular complexity index is 816. The smallest absolute Gasteiger partial charge is 0.251 e. The fourth-order valence-corrected chi connectivity index (χ4v) is 2.20. The molecule has 0 unspecified atom stereocenters. The van der Waals surface area contributed by atoms with Gasteiger partial charge in [-0.15, -0.1) is 0 Å². The first-order valence-electron chi connectivity index (χ1n) is 7.03. The third kappa shape index (κ3) is 3.03. The largest absolute Gasteiger partial charge is 0.365 e. The van der Waals surface area contributed by atoms with E-state index in [2.05, 4.69) is 20.6 Å². The lowest BCUT2D eigenvalue weighted by Gasteiger charge is -2.07. The number of fused-ring (bicyclic) bond motifs is 1. The van der Waals surface area contributed by atoms with Gasteiger partial charge in [-0.1, -0.05) is 24.3 Å². The molecule has 2 N–H and O–H groups in total. The maximum absolute atomic E-state index is 11.6. The Morgan fingerprint density at radius 3 is 2.73 bits per heavy atom. The zero-order valence-corrected chi connectivity index (χ0v) is 12.2. The molecule has 110 valence electrons. The van der Waals surface area contributed by atoms with Crippen LogP contribution in [0.3, 0.4) is 0 Å². The van der Waals surface area contributed by atoms with Crippen LogP contribution in [0.15, 0.2) is 54.7 Å². The molecule has 3 aromatic rings.